The Labute approximate surface area is 122 Å². The molecule has 0 heterocycles. The van der Waals surface area contributed by atoms with Gasteiger partial charge < -0.3 is 16.2 Å². The van der Waals surface area contributed by atoms with Crippen molar-refractivity contribution >= 4 is 23.6 Å². The third kappa shape index (κ3) is 5.63. The van der Waals surface area contributed by atoms with Gasteiger partial charge in [-0.25, -0.2) is 4.79 Å². The SMILES string of the molecule is CSCCC(NC(=O)C([NH3+])Cc1ccccc1)C(=O)O. The lowest BCUT2D eigenvalue weighted by Gasteiger charge is -2.16. The Bertz CT molecular complexity index is 439. The molecule has 20 heavy (non-hydrogen) atoms. The lowest BCUT2D eigenvalue weighted by atomic mass is 10.1. The molecule has 0 saturated carbocycles. The third-order valence-corrected chi connectivity index (χ3v) is 3.56. The summed E-state index contributed by atoms with van der Waals surface area (Å²) in [6, 6.07) is 8.23. The summed E-state index contributed by atoms with van der Waals surface area (Å²) >= 11 is 1.56. The zero-order chi connectivity index (χ0) is 15.0. The van der Waals surface area contributed by atoms with E-state index in [1.807, 2.05) is 36.6 Å². The molecule has 1 aromatic carbocycles. The first-order valence-corrected chi connectivity index (χ1v) is 7.83. The van der Waals surface area contributed by atoms with Gasteiger partial charge in [-0.05, 0) is 24.0 Å². The maximum Gasteiger partial charge on any atom is 0.326 e. The van der Waals surface area contributed by atoms with E-state index in [-0.39, 0.29) is 5.91 Å². The molecule has 0 aromatic heterocycles. The van der Waals surface area contributed by atoms with Gasteiger partial charge in [-0.3, -0.25) is 4.79 Å². The molecule has 1 amide bonds. The first kappa shape index (κ1) is 16.5. The summed E-state index contributed by atoms with van der Waals surface area (Å²) in [6.07, 6.45) is 2.82. The predicted octanol–water partition coefficient (Wildman–Crippen LogP) is 0.162. The van der Waals surface area contributed by atoms with Crippen molar-refractivity contribution in [2.24, 2.45) is 0 Å². The van der Waals surface area contributed by atoms with Crippen LogP contribution in [0.15, 0.2) is 30.3 Å². The number of amides is 1. The summed E-state index contributed by atoms with van der Waals surface area (Å²) in [5.74, 6) is -0.626. The summed E-state index contributed by atoms with van der Waals surface area (Å²) in [5.41, 5.74) is 4.83. The van der Waals surface area contributed by atoms with Gasteiger partial charge in [-0.1, -0.05) is 30.3 Å². The molecule has 0 spiro atoms. The summed E-state index contributed by atoms with van der Waals surface area (Å²) in [4.78, 5) is 23.1. The Morgan fingerprint density at radius 3 is 2.55 bits per heavy atom. The molecule has 1 rings (SSSR count). The minimum atomic E-state index is -1.00. The van der Waals surface area contributed by atoms with Crippen LogP contribution in [-0.2, 0) is 16.0 Å². The average Bonchev–Trinajstić information content (AvgIpc) is 2.43. The number of carbonyl (C=O) groups excluding carboxylic acids is 1. The first-order chi connectivity index (χ1) is 9.54. The summed E-state index contributed by atoms with van der Waals surface area (Å²) in [6.45, 7) is 0. The van der Waals surface area contributed by atoms with Crippen LogP contribution < -0.4 is 11.1 Å². The summed E-state index contributed by atoms with van der Waals surface area (Å²) in [5, 5.41) is 11.6. The highest BCUT2D eigenvalue weighted by atomic mass is 32.2. The number of carboxylic acid groups (broad SMARTS) is 1. The number of rotatable bonds is 8. The molecule has 0 radical (unpaired) electrons. The number of carbonyl (C=O) groups is 2. The molecule has 2 atom stereocenters. The minimum absolute atomic E-state index is 0.317. The Hall–Kier alpha value is -1.53. The quantitative estimate of drug-likeness (QED) is 0.637. The first-order valence-electron chi connectivity index (χ1n) is 6.43. The maximum absolute atomic E-state index is 12.0. The Balaban J connectivity index is 2.53. The van der Waals surface area contributed by atoms with Gasteiger partial charge in [0.1, 0.15) is 6.04 Å². The van der Waals surface area contributed by atoms with Crippen molar-refractivity contribution in [2.45, 2.75) is 24.9 Å². The number of thioether (sulfide) groups is 1. The number of nitrogens with one attached hydrogen (secondary N) is 1. The maximum atomic E-state index is 12.0. The van der Waals surface area contributed by atoms with Crippen LogP contribution in [0.4, 0.5) is 0 Å². The zero-order valence-electron chi connectivity index (χ0n) is 11.5. The van der Waals surface area contributed by atoms with Crippen LogP contribution in [0.3, 0.4) is 0 Å². The number of quaternary nitrogens is 1. The lowest BCUT2D eigenvalue weighted by molar-refractivity contribution is -0.403. The van der Waals surface area contributed by atoms with Gasteiger partial charge in [0, 0.05) is 6.42 Å². The predicted molar refractivity (Wildman–Crippen MR) is 79.4 cm³/mol. The number of aliphatic carboxylic acids is 1. The summed E-state index contributed by atoms with van der Waals surface area (Å²) in [7, 11) is 0. The van der Waals surface area contributed by atoms with Gasteiger partial charge in [-0.2, -0.15) is 11.8 Å². The van der Waals surface area contributed by atoms with Gasteiger partial charge in [0.2, 0.25) is 0 Å². The van der Waals surface area contributed by atoms with E-state index in [1.165, 1.54) is 0 Å². The number of benzene rings is 1. The van der Waals surface area contributed by atoms with E-state index in [0.717, 1.165) is 5.56 Å². The zero-order valence-corrected chi connectivity index (χ0v) is 12.4. The Morgan fingerprint density at radius 1 is 1.35 bits per heavy atom. The molecule has 0 fully saturated rings. The normalized spacial score (nSPS) is 13.5. The van der Waals surface area contributed by atoms with Crippen LogP contribution in [0.25, 0.3) is 0 Å². The van der Waals surface area contributed by atoms with Gasteiger partial charge in [0.05, 0.1) is 0 Å². The molecule has 1 aromatic rings. The monoisotopic (exact) mass is 297 g/mol. The number of carboxylic acids is 1. The molecular formula is C14H21N2O3S+. The van der Waals surface area contributed by atoms with Crippen molar-refractivity contribution in [3.8, 4) is 0 Å². The fourth-order valence-electron chi connectivity index (χ4n) is 1.77. The van der Waals surface area contributed by atoms with Crippen LogP contribution in [0.1, 0.15) is 12.0 Å². The molecule has 5 N–H and O–H groups in total. The van der Waals surface area contributed by atoms with Gasteiger partial charge in [0.25, 0.3) is 5.91 Å². The van der Waals surface area contributed by atoms with Gasteiger partial charge in [0.15, 0.2) is 6.04 Å². The molecule has 2 unspecified atom stereocenters. The average molecular weight is 297 g/mol. The van der Waals surface area contributed by atoms with E-state index in [4.69, 9.17) is 5.11 Å². The lowest BCUT2D eigenvalue weighted by Crippen LogP contribution is -2.69. The van der Waals surface area contributed by atoms with Crippen molar-refractivity contribution in [3.63, 3.8) is 0 Å². The number of hydrogen-bond donors (Lipinski definition) is 3. The van der Waals surface area contributed by atoms with Crippen LogP contribution in [0.2, 0.25) is 0 Å². The standard InChI is InChI=1S/C14H20N2O3S/c1-20-8-7-12(14(18)19)16-13(17)11(15)9-10-5-3-2-4-6-10/h2-6,11-12H,7-9,15H2,1H3,(H,16,17)(H,18,19)/p+1. The molecule has 0 saturated heterocycles. The third-order valence-electron chi connectivity index (χ3n) is 2.92. The highest BCUT2D eigenvalue weighted by Gasteiger charge is 2.24. The highest BCUT2D eigenvalue weighted by molar-refractivity contribution is 7.98. The second kappa shape index (κ2) is 8.60. The molecule has 6 heteroatoms. The molecule has 0 aliphatic carbocycles. The van der Waals surface area contributed by atoms with Crippen molar-refractivity contribution in [2.75, 3.05) is 12.0 Å². The molecule has 5 nitrogen and oxygen atoms in total. The second-order valence-electron chi connectivity index (χ2n) is 4.57. The largest absolute Gasteiger partial charge is 0.480 e. The smallest absolute Gasteiger partial charge is 0.326 e. The van der Waals surface area contributed by atoms with Gasteiger partial charge >= 0.3 is 5.97 Å². The van der Waals surface area contributed by atoms with Crippen molar-refractivity contribution in [1.29, 1.82) is 0 Å². The van der Waals surface area contributed by atoms with Gasteiger partial charge in [-0.15, -0.1) is 0 Å². The fraction of sp³-hybridized carbons (Fsp3) is 0.429. The van der Waals surface area contributed by atoms with E-state index >= 15 is 0 Å². The molecule has 0 bridgehead atoms. The van der Waals surface area contributed by atoms with Crippen LogP contribution in [-0.4, -0.2) is 41.1 Å². The summed E-state index contributed by atoms with van der Waals surface area (Å²) < 4.78 is 0. The van der Waals surface area contributed by atoms with Crippen LogP contribution >= 0.6 is 11.8 Å². The molecule has 0 aliphatic rings. The van der Waals surface area contributed by atoms with Crippen LogP contribution in [0, 0.1) is 0 Å². The molecule has 110 valence electrons. The van der Waals surface area contributed by atoms with Crippen molar-refractivity contribution in [1.82, 2.24) is 5.32 Å². The van der Waals surface area contributed by atoms with E-state index < -0.39 is 18.1 Å². The van der Waals surface area contributed by atoms with Crippen LogP contribution in [0.5, 0.6) is 0 Å². The van der Waals surface area contributed by atoms with E-state index in [1.54, 1.807) is 11.8 Å². The van der Waals surface area contributed by atoms with E-state index in [0.29, 0.717) is 18.6 Å². The fourth-order valence-corrected chi connectivity index (χ4v) is 2.25. The van der Waals surface area contributed by atoms with Crippen molar-refractivity contribution in [3.05, 3.63) is 35.9 Å². The number of hydrogen-bond acceptors (Lipinski definition) is 3. The van der Waals surface area contributed by atoms with E-state index in [9.17, 15) is 9.59 Å². The minimum Gasteiger partial charge on any atom is -0.480 e. The Morgan fingerprint density at radius 2 is 2.00 bits per heavy atom. The topological polar surface area (TPSA) is 94.0 Å². The Kier molecular flexibility index (Phi) is 7.11. The highest BCUT2D eigenvalue weighted by Crippen LogP contribution is 2.04. The molecular weight excluding hydrogens is 276 g/mol. The van der Waals surface area contributed by atoms with Crippen molar-refractivity contribution < 1.29 is 20.4 Å². The molecule has 0 aliphatic heterocycles. The second-order valence-corrected chi connectivity index (χ2v) is 5.55. The van der Waals surface area contributed by atoms with E-state index in [2.05, 4.69) is 11.1 Å².